The molecule has 0 aromatic rings. The molecule has 4 heteroatoms. The fourth-order valence-electron chi connectivity index (χ4n) is 1.76. The highest BCUT2D eigenvalue weighted by Gasteiger charge is 2.25. The number of hydrogen-bond acceptors (Lipinski definition) is 4. The molecule has 1 saturated heterocycles. The van der Waals surface area contributed by atoms with Crippen molar-refractivity contribution < 1.29 is 14.6 Å². The van der Waals surface area contributed by atoms with E-state index in [0.29, 0.717) is 6.54 Å². The molecule has 1 aliphatic heterocycles. The van der Waals surface area contributed by atoms with Crippen LogP contribution in [0.2, 0.25) is 0 Å². The van der Waals surface area contributed by atoms with Crippen molar-refractivity contribution in [2.45, 2.75) is 12.8 Å². The van der Waals surface area contributed by atoms with Crippen LogP contribution in [0.25, 0.3) is 0 Å². The van der Waals surface area contributed by atoms with E-state index in [4.69, 9.17) is 5.11 Å². The first kappa shape index (κ1) is 10.5. The van der Waals surface area contributed by atoms with Gasteiger partial charge in [-0.15, -0.1) is 0 Å². The lowest BCUT2D eigenvalue weighted by Gasteiger charge is -2.30. The highest BCUT2D eigenvalue weighted by atomic mass is 16.5. The van der Waals surface area contributed by atoms with Gasteiger partial charge in [0.05, 0.1) is 19.6 Å². The Hall–Kier alpha value is -0.610. The molecule has 0 spiro atoms. The van der Waals surface area contributed by atoms with Crippen molar-refractivity contribution in [1.82, 2.24) is 4.90 Å². The van der Waals surface area contributed by atoms with Gasteiger partial charge >= 0.3 is 5.97 Å². The molecule has 0 amide bonds. The summed E-state index contributed by atoms with van der Waals surface area (Å²) in [6, 6.07) is 0. The van der Waals surface area contributed by atoms with Crippen molar-refractivity contribution in [3.8, 4) is 0 Å². The molecule has 0 aromatic heterocycles. The molecule has 1 heterocycles. The van der Waals surface area contributed by atoms with Gasteiger partial charge in [-0.2, -0.15) is 0 Å². The van der Waals surface area contributed by atoms with Crippen LogP contribution in [-0.2, 0) is 9.53 Å². The second-order valence-electron chi connectivity index (χ2n) is 3.39. The number of aliphatic hydroxyl groups excluding tert-OH is 1. The summed E-state index contributed by atoms with van der Waals surface area (Å²) < 4.78 is 4.69. The molecular formula is C9H17NO3. The first-order valence-electron chi connectivity index (χ1n) is 4.69. The minimum absolute atomic E-state index is 0.00491. The maximum Gasteiger partial charge on any atom is 0.309 e. The van der Waals surface area contributed by atoms with Crippen LogP contribution in [0.4, 0.5) is 0 Å². The Labute approximate surface area is 78.5 Å². The van der Waals surface area contributed by atoms with E-state index in [1.165, 1.54) is 7.11 Å². The number of β-amino-alcohol motifs (C(OH)–C–C–N with tert-alkyl or cyclic N) is 1. The van der Waals surface area contributed by atoms with E-state index in [9.17, 15) is 4.79 Å². The van der Waals surface area contributed by atoms with Crippen molar-refractivity contribution in [3.05, 3.63) is 0 Å². The highest BCUT2D eigenvalue weighted by Crippen LogP contribution is 2.16. The Kier molecular flexibility index (Phi) is 4.18. The molecular weight excluding hydrogens is 170 g/mol. The van der Waals surface area contributed by atoms with E-state index in [1.807, 2.05) is 0 Å². The zero-order chi connectivity index (χ0) is 9.68. The third-order valence-electron chi connectivity index (χ3n) is 2.46. The number of likely N-dealkylation sites (tertiary alicyclic amines) is 1. The second kappa shape index (κ2) is 5.19. The normalized spacial score (nSPS) is 24.3. The summed E-state index contributed by atoms with van der Waals surface area (Å²) in [6.07, 6.45) is 1.92. The van der Waals surface area contributed by atoms with Crippen LogP contribution in [0.1, 0.15) is 12.8 Å². The predicted molar refractivity (Wildman–Crippen MR) is 48.3 cm³/mol. The average Bonchev–Trinajstić information content (AvgIpc) is 2.18. The Balaban J connectivity index is 2.37. The molecule has 0 aliphatic carbocycles. The molecule has 1 N–H and O–H groups in total. The third kappa shape index (κ3) is 2.97. The van der Waals surface area contributed by atoms with Gasteiger partial charge in [-0.05, 0) is 19.4 Å². The van der Waals surface area contributed by atoms with E-state index in [2.05, 4.69) is 9.64 Å². The van der Waals surface area contributed by atoms with Gasteiger partial charge in [-0.25, -0.2) is 0 Å². The monoisotopic (exact) mass is 187 g/mol. The lowest BCUT2D eigenvalue weighted by Crippen LogP contribution is -2.40. The topological polar surface area (TPSA) is 49.8 Å². The van der Waals surface area contributed by atoms with E-state index in [1.54, 1.807) is 0 Å². The van der Waals surface area contributed by atoms with Crippen molar-refractivity contribution in [2.75, 3.05) is 33.4 Å². The van der Waals surface area contributed by atoms with Gasteiger partial charge in [0.2, 0.25) is 0 Å². The largest absolute Gasteiger partial charge is 0.469 e. The van der Waals surface area contributed by atoms with Crippen LogP contribution in [0.5, 0.6) is 0 Å². The molecule has 1 fully saturated rings. The van der Waals surface area contributed by atoms with E-state index >= 15 is 0 Å². The molecule has 13 heavy (non-hydrogen) atoms. The van der Waals surface area contributed by atoms with Crippen LogP contribution in [0.3, 0.4) is 0 Å². The van der Waals surface area contributed by atoms with Gasteiger partial charge in [-0.3, -0.25) is 4.79 Å². The number of hydrogen-bond donors (Lipinski definition) is 1. The number of carbonyl (C=O) groups is 1. The zero-order valence-corrected chi connectivity index (χ0v) is 8.03. The van der Waals surface area contributed by atoms with Gasteiger partial charge < -0.3 is 14.7 Å². The molecule has 4 nitrogen and oxygen atoms in total. The molecule has 0 radical (unpaired) electrons. The fraction of sp³-hybridized carbons (Fsp3) is 0.889. The summed E-state index contributed by atoms with van der Waals surface area (Å²) in [6.45, 7) is 2.53. The number of rotatable bonds is 3. The standard InChI is InChI=1S/C9H17NO3/c1-13-9(12)8-3-2-4-10(7-8)5-6-11/h8,11H,2-7H2,1H3/t8-/m0/s1. The number of methoxy groups -OCH3 is 1. The number of carbonyl (C=O) groups excluding carboxylic acids is 1. The van der Waals surface area contributed by atoms with Crippen molar-refractivity contribution >= 4 is 5.97 Å². The molecule has 0 unspecified atom stereocenters. The molecule has 0 bridgehead atoms. The summed E-state index contributed by atoms with van der Waals surface area (Å²) in [7, 11) is 1.42. The Bertz CT molecular complexity index is 170. The first-order chi connectivity index (χ1) is 6.27. The van der Waals surface area contributed by atoms with E-state index < -0.39 is 0 Å². The molecule has 1 aliphatic rings. The van der Waals surface area contributed by atoms with Crippen LogP contribution < -0.4 is 0 Å². The predicted octanol–water partition coefficient (Wildman–Crippen LogP) is -0.136. The third-order valence-corrected chi connectivity index (χ3v) is 2.46. The minimum Gasteiger partial charge on any atom is -0.469 e. The van der Waals surface area contributed by atoms with Crippen LogP contribution in [0.15, 0.2) is 0 Å². The molecule has 0 aromatic carbocycles. The smallest absolute Gasteiger partial charge is 0.309 e. The maximum absolute atomic E-state index is 11.2. The Morgan fingerprint density at radius 1 is 1.69 bits per heavy atom. The van der Waals surface area contributed by atoms with Gasteiger partial charge in [0, 0.05) is 13.1 Å². The number of piperidine rings is 1. The second-order valence-corrected chi connectivity index (χ2v) is 3.39. The number of ether oxygens (including phenoxy) is 1. The highest BCUT2D eigenvalue weighted by molar-refractivity contribution is 5.72. The number of nitrogens with zero attached hydrogens (tertiary/aromatic N) is 1. The summed E-state index contributed by atoms with van der Waals surface area (Å²) in [5, 5.41) is 8.74. The molecule has 1 atom stereocenters. The first-order valence-corrected chi connectivity index (χ1v) is 4.69. The van der Waals surface area contributed by atoms with Crippen LogP contribution in [0, 0.1) is 5.92 Å². The zero-order valence-electron chi connectivity index (χ0n) is 8.03. The lowest BCUT2D eigenvalue weighted by molar-refractivity contribution is -0.147. The van der Waals surface area contributed by atoms with Crippen LogP contribution in [-0.4, -0.2) is 49.3 Å². The quantitative estimate of drug-likeness (QED) is 0.625. The van der Waals surface area contributed by atoms with Crippen molar-refractivity contribution in [3.63, 3.8) is 0 Å². The number of esters is 1. The van der Waals surface area contributed by atoms with E-state index in [0.717, 1.165) is 25.9 Å². The number of aliphatic hydroxyl groups is 1. The SMILES string of the molecule is COC(=O)[C@H]1CCCN(CCO)C1. The molecule has 1 rings (SSSR count). The molecule has 76 valence electrons. The van der Waals surface area contributed by atoms with Gasteiger partial charge in [0.15, 0.2) is 0 Å². The summed E-state index contributed by atoms with van der Waals surface area (Å²) >= 11 is 0. The van der Waals surface area contributed by atoms with Gasteiger partial charge in [0.1, 0.15) is 0 Å². The molecule has 0 saturated carbocycles. The fourth-order valence-corrected chi connectivity index (χ4v) is 1.76. The van der Waals surface area contributed by atoms with Crippen molar-refractivity contribution in [2.24, 2.45) is 5.92 Å². The summed E-state index contributed by atoms with van der Waals surface area (Å²) in [4.78, 5) is 13.3. The Morgan fingerprint density at radius 2 is 2.46 bits per heavy atom. The minimum atomic E-state index is -0.123. The lowest BCUT2D eigenvalue weighted by atomic mass is 9.98. The van der Waals surface area contributed by atoms with E-state index in [-0.39, 0.29) is 18.5 Å². The van der Waals surface area contributed by atoms with Crippen molar-refractivity contribution in [1.29, 1.82) is 0 Å². The van der Waals surface area contributed by atoms with Gasteiger partial charge in [0.25, 0.3) is 0 Å². The average molecular weight is 187 g/mol. The maximum atomic E-state index is 11.2. The van der Waals surface area contributed by atoms with Crippen LogP contribution >= 0.6 is 0 Å². The van der Waals surface area contributed by atoms with Gasteiger partial charge in [-0.1, -0.05) is 0 Å². The Morgan fingerprint density at radius 3 is 3.08 bits per heavy atom. The summed E-state index contributed by atoms with van der Waals surface area (Å²) in [5.74, 6) is -0.118. The summed E-state index contributed by atoms with van der Waals surface area (Å²) in [5.41, 5.74) is 0.